The predicted molar refractivity (Wildman–Crippen MR) is 103 cm³/mol. The number of hydrogen-bond donors (Lipinski definition) is 2. The van der Waals surface area contributed by atoms with E-state index in [1.807, 2.05) is 0 Å². The Morgan fingerprint density at radius 1 is 0.852 bits per heavy atom. The van der Waals surface area contributed by atoms with Gasteiger partial charge in [-0.2, -0.15) is 0 Å². The monoisotopic (exact) mass is 391 g/mol. The van der Waals surface area contributed by atoms with Crippen molar-refractivity contribution in [3.63, 3.8) is 0 Å². The van der Waals surface area contributed by atoms with E-state index in [4.69, 9.17) is 0 Å². The van der Waals surface area contributed by atoms with Gasteiger partial charge in [-0.25, -0.2) is 17.6 Å². The normalized spacial score (nSPS) is 15.1. The first-order valence-corrected chi connectivity index (χ1v) is 10.4. The number of rotatable bonds is 4. The van der Waals surface area contributed by atoms with Crippen LogP contribution in [0.1, 0.15) is 25.7 Å². The second-order valence-electron chi connectivity index (χ2n) is 6.47. The van der Waals surface area contributed by atoms with Gasteiger partial charge in [0.2, 0.25) is 0 Å². The summed E-state index contributed by atoms with van der Waals surface area (Å²) in [6.45, 7) is 1.47. The molecule has 0 saturated carbocycles. The molecule has 1 aliphatic heterocycles. The van der Waals surface area contributed by atoms with Crippen LogP contribution >= 0.6 is 0 Å². The lowest BCUT2D eigenvalue weighted by atomic mass is 10.2. The van der Waals surface area contributed by atoms with Crippen molar-refractivity contribution >= 4 is 27.4 Å². The Morgan fingerprint density at radius 2 is 1.41 bits per heavy atom. The second kappa shape index (κ2) is 8.39. The van der Waals surface area contributed by atoms with Crippen LogP contribution in [-0.4, -0.2) is 32.4 Å². The van der Waals surface area contributed by atoms with E-state index in [0.29, 0.717) is 5.69 Å². The molecule has 0 bridgehead atoms. The van der Waals surface area contributed by atoms with Gasteiger partial charge in [0.25, 0.3) is 10.0 Å². The summed E-state index contributed by atoms with van der Waals surface area (Å²) in [5.74, 6) is -0.442. The molecule has 27 heavy (non-hydrogen) atoms. The fraction of sp³-hybridized carbons (Fsp3) is 0.316. The third kappa shape index (κ3) is 5.19. The highest BCUT2D eigenvalue weighted by atomic mass is 32.2. The fourth-order valence-corrected chi connectivity index (χ4v) is 3.98. The van der Waals surface area contributed by atoms with Gasteiger partial charge in [0.05, 0.1) is 4.90 Å². The number of amides is 2. The third-order valence-corrected chi connectivity index (χ3v) is 5.80. The summed E-state index contributed by atoms with van der Waals surface area (Å²) in [6.07, 6.45) is 4.27. The Hall–Kier alpha value is -2.61. The van der Waals surface area contributed by atoms with Gasteiger partial charge in [-0.3, -0.25) is 4.72 Å². The van der Waals surface area contributed by atoms with Crippen molar-refractivity contribution in [2.75, 3.05) is 23.1 Å². The molecule has 1 heterocycles. The van der Waals surface area contributed by atoms with Gasteiger partial charge in [0, 0.05) is 24.5 Å². The number of sulfonamides is 1. The van der Waals surface area contributed by atoms with Gasteiger partial charge in [-0.15, -0.1) is 0 Å². The van der Waals surface area contributed by atoms with E-state index >= 15 is 0 Å². The molecule has 0 radical (unpaired) electrons. The van der Waals surface area contributed by atoms with Gasteiger partial charge < -0.3 is 10.2 Å². The van der Waals surface area contributed by atoms with Crippen LogP contribution in [0, 0.1) is 5.82 Å². The van der Waals surface area contributed by atoms with E-state index < -0.39 is 15.8 Å². The molecule has 2 aromatic carbocycles. The average Bonchev–Trinajstić information content (AvgIpc) is 2.93. The van der Waals surface area contributed by atoms with Crippen molar-refractivity contribution in [2.24, 2.45) is 0 Å². The molecule has 1 fully saturated rings. The maximum absolute atomic E-state index is 12.9. The lowest BCUT2D eigenvalue weighted by Gasteiger charge is -2.20. The van der Waals surface area contributed by atoms with E-state index in [1.54, 1.807) is 17.0 Å². The predicted octanol–water partition coefficient (Wildman–Crippen LogP) is 4.03. The average molecular weight is 391 g/mol. The SMILES string of the molecule is O=C(Nc1ccc(S(=O)(=O)Nc2ccc(F)cc2)cc1)N1CCCCCC1. The standard InChI is InChI=1S/C19H22FN3O3S/c20-15-5-7-17(8-6-15)22-27(25,26)18-11-9-16(10-12-18)21-19(24)23-13-3-1-2-4-14-23/h5-12,22H,1-4,13-14H2,(H,21,24). The number of likely N-dealkylation sites (tertiary alicyclic amines) is 1. The minimum absolute atomic E-state index is 0.0552. The largest absolute Gasteiger partial charge is 0.325 e. The molecule has 2 amide bonds. The molecular weight excluding hydrogens is 369 g/mol. The van der Waals surface area contributed by atoms with Gasteiger partial charge in [0.15, 0.2) is 0 Å². The molecule has 6 nitrogen and oxygen atoms in total. The molecular formula is C19H22FN3O3S. The summed E-state index contributed by atoms with van der Waals surface area (Å²) >= 11 is 0. The molecule has 0 atom stereocenters. The Morgan fingerprint density at radius 3 is 2.00 bits per heavy atom. The summed E-state index contributed by atoms with van der Waals surface area (Å²) in [7, 11) is -3.79. The number of halogens is 1. The number of carbonyl (C=O) groups is 1. The van der Waals surface area contributed by atoms with Crippen molar-refractivity contribution in [3.8, 4) is 0 Å². The molecule has 0 aliphatic carbocycles. The maximum Gasteiger partial charge on any atom is 0.321 e. The minimum Gasteiger partial charge on any atom is -0.325 e. The minimum atomic E-state index is -3.79. The maximum atomic E-state index is 12.9. The number of hydrogen-bond acceptors (Lipinski definition) is 3. The first kappa shape index (κ1) is 19.2. The molecule has 0 unspecified atom stereocenters. The van der Waals surface area contributed by atoms with Crippen molar-refractivity contribution in [2.45, 2.75) is 30.6 Å². The van der Waals surface area contributed by atoms with Crippen LogP contribution < -0.4 is 10.0 Å². The molecule has 1 aliphatic rings. The summed E-state index contributed by atoms with van der Waals surface area (Å²) < 4.78 is 40.1. The Kier molecular flexibility index (Phi) is 5.95. The summed E-state index contributed by atoms with van der Waals surface area (Å²) in [4.78, 5) is 14.2. The topological polar surface area (TPSA) is 78.5 Å². The van der Waals surface area contributed by atoms with E-state index in [-0.39, 0.29) is 16.6 Å². The number of carbonyl (C=O) groups excluding carboxylic acids is 1. The van der Waals surface area contributed by atoms with Crippen LogP contribution in [0.25, 0.3) is 0 Å². The number of benzene rings is 2. The smallest absolute Gasteiger partial charge is 0.321 e. The van der Waals surface area contributed by atoms with Gasteiger partial charge >= 0.3 is 6.03 Å². The molecule has 0 spiro atoms. The second-order valence-corrected chi connectivity index (χ2v) is 8.15. The zero-order valence-corrected chi connectivity index (χ0v) is 15.6. The quantitative estimate of drug-likeness (QED) is 0.826. The third-order valence-electron chi connectivity index (χ3n) is 4.41. The number of nitrogens with one attached hydrogen (secondary N) is 2. The number of urea groups is 1. The van der Waals surface area contributed by atoms with Crippen molar-refractivity contribution in [1.82, 2.24) is 4.90 Å². The van der Waals surface area contributed by atoms with E-state index in [1.165, 1.54) is 36.4 Å². The summed E-state index contributed by atoms with van der Waals surface area (Å²) in [5.41, 5.74) is 0.805. The first-order chi connectivity index (χ1) is 12.9. The fourth-order valence-electron chi connectivity index (χ4n) is 2.93. The summed E-state index contributed by atoms with van der Waals surface area (Å²) in [5, 5.41) is 2.80. The Bertz CT molecular complexity index is 875. The Balaban J connectivity index is 1.65. The van der Waals surface area contributed by atoms with Crippen molar-refractivity contribution < 1.29 is 17.6 Å². The molecule has 2 N–H and O–H groups in total. The molecule has 3 rings (SSSR count). The molecule has 1 saturated heterocycles. The highest BCUT2D eigenvalue weighted by Crippen LogP contribution is 2.19. The van der Waals surface area contributed by atoms with Gasteiger partial charge in [-0.1, -0.05) is 12.8 Å². The van der Waals surface area contributed by atoms with E-state index in [0.717, 1.165) is 38.8 Å². The lowest BCUT2D eigenvalue weighted by Crippen LogP contribution is -2.35. The van der Waals surface area contributed by atoms with E-state index in [2.05, 4.69) is 10.0 Å². The molecule has 144 valence electrons. The van der Waals surface area contributed by atoms with Crippen LogP contribution in [0.3, 0.4) is 0 Å². The van der Waals surface area contributed by atoms with Crippen LogP contribution in [0.15, 0.2) is 53.4 Å². The zero-order chi connectivity index (χ0) is 19.3. The molecule has 0 aromatic heterocycles. The summed E-state index contributed by atoms with van der Waals surface area (Å²) in [6, 6.07) is 10.8. The van der Waals surface area contributed by atoms with E-state index in [9.17, 15) is 17.6 Å². The highest BCUT2D eigenvalue weighted by Gasteiger charge is 2.17. The van der Waals surface area contributed by atoms with Gasteiger partial charge in [0.1, 0.15) is 5.82 Å². The molecule has 8 heteroatoms. The Labute approximate surface area is 158 Å². The van der Waals surface area contributed by atoms with Crippen LogP contribution in [0.5, 0.6) is 0 Å². The van der Waals surface area contributed by atoms with Crippen molar-refractivity contribution in [1.29, 1.82) is 0 Å². The van der Waals surface area contributed by atoms with Crippen LogP contribution in [0.2, 0.25) is 0 Å². The zero-order valence-electron chi connectivity index (χ0n) is 14.8. The highest BCUT2D eigenvalue weighted by molar-refractivity contribution is 7.92. The van der Waals surface area contributed by atoms with Crippen LogP contribution in [-0.2, 0) is 10.0 Å². The van der Waals surface area contributed by atoms with Gasteiger partial charge in [-0.05, 0) is 61.4 Å². The van der Waals surface area contributed by atoms with Crippen molar-refractivity contribution in [3.05, 3.63) is 54.3 Å². The lowest BCUT2D eigenvalue weighted by molar-refractivity contribution is 0.214. The number of nitrogens with zero attached hydrogens (tertiary/aromatic N) is 1. The first-order valence-electron chi connectivity index (χ1n) is 8.88. The number of anilines is 2. The van der Waals surface area contributed by atoms with Crippen LogP contribution in [0.4, 0.5) is 20.6 Å². The molecule has 2 aromatic rings.